The summed E-state index contributed by atoms with van der Waals surface area (Å²) >= 11 is 9.23. The van der Waals surface area contributed by atoms with Crippen LogP contribution in [-0.2, 0) is 6.42 Å². The minimum Gasteiger partial charge on any atom is -0.398 e. The van der Waals surface area contributed by atoms with Crippen molar-refractivity contribution in [3.05, 3.63) is 63.3 Å². The van der Waals surface area contributed by atoms with Gasteiger partial charge in [-0.15, -0.1) is 0 Å². The predicted octanol–water partition coefficient (Wildman–Crippen LogP) is 4.33. The molecule has 1 aromatic heterocycles. The van der Waals surface area contributed by atoms with Crippen LogP contribution >= 0.6 is 27.5 Å². The molecule has 0 radical (unpaired) electrons. The number of aromatic nitrogens is 2. The standard InChI is InChI=1S/C15H11BrClN3O/c16-10-3-6-12(13(18)8-10)15-19-14(20-21-15)7-9-1-4-11(17)5-2-9/h1-6,8H,7,18H2. The Morgan fingerprint density at radius 2 is 1.90 bits per heavy atom. The molecule has 0 aliphatic rings. The zero-order valence-corrected chi connectivity index (χ0v) is 13.2. The molecule has 0 bridgehead atoms. The summed E-state index contributed by atoms with van der Waals surface area (Å²) in [5, 5.41) is 4.69. The van der Waals surface area contributed by atoms with E-state index in [9.17, 15) is 0 Å². The van der Waals surface area contributed by atoms with Gasteiger partial charge < -0.3 is 10.3 Å². The van der Waals surface area contributed by atoms with E-state index >= 15 is 0 Å². The van der Waals surface area contributed by atoms with E-state index in [0.717, 1.165) is 15.6 Å². The third-order valence-electron chi connectivity index (χ3n) is 2.99. The van der Waals surface area contributed by atoms with Crippen molar-refractivity contribution < 1.29 is 4.52 Å². The van der Waals surface area contributed by atoms with Crippen LogP contribution in [0.15, 0.2) is 51.5 Å². The summed E-state index contributed by atoms with van der Waals surface area (Å²) in [6.07, 6.45) is 0.580. The first-order chi connectivity index (χ1) is 10.1. The zero-order valence-electron chi connectivity index (χ0n) is 10.9. The van der Waals surface area contributed by atoms with Gasteiger partial charge in [-0.25, -0.2) is 0 Å². The molecular formula is C15H11BrClN3O. The zero-order chi connectivity index (χ0) is 14.8. The normalized spacial score (nSPS) is 10.8. The van der Waals surface area contributed by atoms with Crippen molar-refractivity contribution in [2.45, 2.75) is 6.42 Å². The summed E-state index contributed by atoms with van der Waals surface area (Å²) in [5.74, 6) is 1.03. The first kappa shape index (κ1) is 14.1. The van der Waals surface area contributed by atoms with Crippen molar-refractivity contribution in [1.82, 2.24) is 10.1 Å². The van der Waals surface area contributed by atoms with E-state index in [1.54, 1.807) is 6.07 Å². The highest BCUT2D eigenvalue weighted by atomic mass is 79.9. The van der Waals surface area contributed by atoms with E-state index < -0.39 is 0 Å². The maximum Gasteiger partial charge on any atom is 0.260 e. The lowest BCUT2D eigenvalue weighted by Gasteiger charge is -2.00. The van der Waals surface area contributed by atoms with Crippen LogP contribution < -0.4 is 5.73 Å². The second-order valence-electron chi connectivity index (χ2n) is 4.55. The molecule has 2 aromatic carbocycles. The fraction of sp³-hybridized carbons (Fsp3) is 0.0667. The molecule has 4 nitrogen and oxygen atoms in total. The highest BCUT2D eigenvalue weighted by molar-refractivity contribution is 9.10. The van der Waals surface area contributed by atoms with E-state index in [-0.39, 0.29) is 0 Å². The maximum absolute atomic E-state index is 5.96. The van der Waals surface area contributed by atoms with Gasteiger partial charge in [-0.1, -0.05) is 44.8 Å². The maximum atomic E-state index is 5.96. The number of rotatable bonds is 3. The Balaban J connectivity index is 1.84. The van der Waals surface area contributed by atoms with Crippen LogP contribution in [0.4, 0.5) is 5.69 Å². The van der Waals surface area contributed by atoms with E-state index in [4.69, 9.17) is 21.9 Å². The number of halogens is 2. The predicted molar refractivity (Wildman–Crippen MR) is 86.1 cm³/mol. The monoisotopic (exact) mass is 363 g/mol. The summed E-state index contributed by atoms with van der Waals surface area (Å²) in [6, 6.07) is 13.1. The smallest absolute Gasteiger partial charge is 0.260 e. The van der Waals surface area contributed by atoms with Crippen molar-refractivity contribution in [2.75, 3.05) is 5.73 Å². The molecule has 0 unspecified atom stereocenters. The minimum atomic E-state index is 0.420. The van der Waals surface area contributed by atoms with E-state index in [2.05, 4.69) is 26.1 Å². The number of nitrogens with zero attached hydrogens (tertiary/aromatic N) is 2. The molecule has 3 rings (SSSR count). The van der Waals surface area contributed by atoms with Crippen molar-refractivity contribution in [2.24, 2.45) is 0 Å². The lowest BCUT2D eigenvalue weighted by Crippen LogP contribution is -1.92. The molecule has 106 valence electrons. The summed E-state index contributed by atoms with van der Waals surface area (Å²) in [4.78, 5) is 4.38. The molecular weight excluding hydrogens is 354 g/mol. The average molecular weight is 365 g/mol. The highest BCUT2D eigenvalue weighted by Crippen LogP contribution is 2.27. The van der Waals surface area contributed by atoms with Crippen LogP contribution in [0, 0.1) is 0 Å². The quantitative estimate of drug-likeness (QED) is 0.703. The summed E-state index contributed by atoms with van der Waals surface area (Å²) in [5.41, 5.74) is 8.34. The van der Waals surface area contributed by atoms with Crippen molar-refractivity contribution >= 4 is 33.2 Å². The first-order valence-corrected chi connectivity index (χ1v) is 7.41. The van der Waals surface area contributed by atoms with Crippen molar-refractivity contribution in [3.63, 3.8) is 0 Å². The van der Waals surface area contributed by atoms with Gasteiger partial charge in [0.05, 0.1) is 5.56 Å². The van der Waals surface area contributed by atoms with Crippen molar-refractivity contribution in [1.29, 1.82) is 0 Å². The minimum absolute atomic E-state index is 0.420. The Hall–Kier alpha value is -1.85. The molecule has 6 heteroatoms. The molecule has 2 N–H and O–H groups in total. The summed E-state index contributed by atoms with van der Waals surface area (Å²) < 4.78 is 6.19. The second-order valence-corrected chi connectivity index (χ2v) is 5.90. The van der Waals surface area contributed by atoms with E-state index in [0.29, 0.717) is 28.8 Å². The molecule has 0 aliphatic heterocycles. The first-order valence-electron chi connectivity index (χ1n) is 6.24. The third kappa shape index (κ3) is 3.25. The van der Waals surface area contributed by atoms with Gasteiger partial charge in [0.2, 0.25) is 0 Å². The summed E-state index contributed by atoms with van der Waals surface area (Å²) in [7, 11) is 0. The lowest BCUT2D eigenvalue weighted by atomic mass is 10.1. The molecule has 0 amide bonds. The number of hydrogen-bond donors (Lipinski definition) is 1. The molecule has 1 heterocycles. The number of nitrogens with two attached hydrogens (primary N) is 1. The van der Waals surface area contributed by atoms with Crippen LogP contribution in [-0.4, -0.2) is 10.1 Å². The van der Waals surface area contributed by atoms with Crippen LogP contribution in [0.25, 0.3) is 11.5 Å². The Labute approximate surface area is 135 Å². The molecule has 0 aliphatic carbocycles. The molecule has 3 aromatic rings. The number of nitrogen functional groups attached to an aromatic ring is 1. The van der Waals surface area contributed by atoms with Gasteiger partial charge in [-0.3, -0.25) is 0 Å². The fourth-order valence-corrected chi connectivity index (χ4v) is 2.45. The topological polar surface area (TPSA) is 64.9 Å². The van der Waals surface area contributed by atoms with Gasteiger partial charge in [-0.2, -0.15) is 4.98 Å². The largest absolute Gasteiger partial charge is 0.398 e. The average Bonchev–Trinajstić information content (AvgIpc) is 2.90. The van der Waals surface area contributed by atoms with Crippen LogP contribution in [0.1, 0.15) is 11.4 Å². The molecule has 0 fully saturated rings. The molecule has 0 saturated heterocycles. The lowest BCUT2D eigenvalue weighted by molar-refractivity contribution is 0.424. The number of anilines is 1. The highest BCUT2D eigenvalue weighted by Gasteiger charge is 2.12. The molecule has 0 spiro atoms. The van der Waals surface area contributed by atoms with Crippen LogP contribution in [0.5, 0.6) is 0 Å². The molecule has 0 atom stereocenters. The van der Waals surface area contributed by atoms with Crippen LogP contribution in [0.2, 0.25) is 5.02 Å². The van der Waals surface area contributed by atoms with Gasteiger partial charge in [0, 0.05) is 21.6 Å². The molecule has 21 heavy (non-hydrogen) atoms. The Morgan fingerprint density at radius 3 is 2.62 bits per heavy atom. The van der Waals surface area contributed by atoms with Gasteiger partial charge >= 0.3 is 0 Å². The number of hydrogen-bond acceptors (Lipinski definition) is 4. The Bertz CT molecular complexity index is 771. The SMILES string of the molecule is Nc1cc(Br)ccc1-c1nc(Cc2ccc(Cl)cc2)no1. The number of benzene rings is 2. The van der Waals surface area contributed by atoms with E-state index in [1.165, 1.54) is 0 Å². The van der Waals surface area contributed by atoms with Gasteiger partial charge in [0.25, 0.3) is 5.89 Å². The van der Waals surface area contributed by atoms with E-state index in [1.807, 2.05) is 36.4 Å². The second kappa shape index (κ2) is 5.87. The van der Waals surface area contributed by atoms with Crippen LogP contribution in [0.3, 0.4) is 0 Å². The third-order valence-corrected chi connectivity index (χ3v) is 3.73. The van der Waals surface area contributed by atoms with Gasteiger partial charge in [0.15, 0.2) is 5.82 Å². The van der Waals surface area contributed by atoms with Gasteiger partial charge in [0.1, 0.15) is 0 Å². The molecule has 0 saturated carbocycles. The Morgan fingerprint density at radius 1 is 1.14 bits per heavy atom. The summed E-state index contributed by atoms with van der Waals surface area (Å²) in [6.45, 7) is 0. The van der Waals surface area contributed by atoms with Gasteiger partial charge in [-0.05, 0) is 35.9 Å². The Kier molecular flexibility index (Phi) is 3.94. The van der Waals surface area contributed by atoms with Crippen molar-refractivity contribution in [3.8, 4) is 11.5 Å². The fourth-order valence-electron chi connectivity index (χ4n) is 1.95.